The number of carbonyl (C=O) groups is 2. The number of likely N-dealkylation sites (N-methyl/N-ethyl adjacent to an activating group) is 1. The minimum Gasteiger partial charge on any atom is -0.353 e. The van der Waals surface area contributed by atoms with Crippen LogP contribution in [-0.4, -0.2) is 49.4 Å². The summed E-state index contributed by atoms with van der Waals surface area (Å²) in [7, 11) is 4.19. The van der Waals surface area contributed by atoms with Gasteiger partial charge in [0.1, 0.15) is 0 Å². The van der Waals surface area contributed by atoms with Gasteiger partial charge in [-0.2, -0.15) is 0 Å². The van der Waals surface area contributed by atoms with Crippen LogP contribution in [0.1, 0.15) is 60.0 Å². The molecule has 1 aliphatic carbocycles. The molecule has 0 atom stereocenters. The maximum atomic E-state index is 12.3. The Morgan fingerprint density at radius 2 is 1.54 bits per heavy atom. The molecule has 144 valence electrons. The number of aryl methyl sites for hydroxylation is 2. The predicted molar refractivity (Wildman–Crippen MR) is 105 cm³/mol. The molecule has 2 rings (SSSR count). The summed E-state index contributed by atoms with van der Waals surface area (Å²) in [5.74, 6) is -0.336. The summed E-state index contributed by atoms with van der Waals surface area (Å²) in [6.07, 6.45) is 7.17. The number of hydrogen-bond donors (Lipinski definition) is 2. The van der Waals surface area contributed by atoms with Crippen molar-refractivity contribution >= 4 is 11.8 Å². The molecule has 0 heterocycles. The number of rotatable bonds is 6. The van der Waals surface area contributed by atoms with E-state index in [2.05, 4.69) is 29.6 Å². The molecule has 1 aromatic carbocycles. The SMILES string of the molecule is Cc1cc(C)cc(C(=O)NCC(=O)NCC2(N(C)C)CCCCCC2)c1. The number of hydrogen-bond acceptors (Lipinski definition) is 3. The second-order valence-electron chi connectivity index (χ2n) is 7.87. The molecule has 1 aromatic rings. The van der Waals surface area contributed by atoms with E-state index in [4.69, 9.17) is 0 Å². The van der Waals surface area contributed by atoms with Gasteiger partial charge < -0.3 is 15.5 Å². The van der Waals surface area contributed by atoms with Crippen LogP contribution in [0, 0.1) is 13.8 Å². The van der Waals surface area contributed by atoms with Crippen LogP contribution in [0.25, 0.3) is 0 Å². The van der Waals surface area contributed by atoms with Crippen LogP contribution in [-0.2, 0) is 4.79 Å². The molecule has 0 saturated heterocycles. The molecular formula is C21H33N3O2. The van der Waals surface area contributed by atoms with Gasteiger partial charge >= 0.3 is 0 Å². The maximum absolute atomic E-state index is 12.3. The van der Waals surface area contributed by atoms with Gasteiger partial charge in [-0.1, -0.05) is 42.9 Å². The van der Waals surface area contributed by atoms with E-state index in [1.807, 2.05) is 32.0 Å². The molecule has 0 spiro atoms. The molecule has 0 radical (unpaired) electrons. The van der Waals surface area contributed by atoms with Crippen LogP contribution >= 0.6 is 0 Å². The first-order valence-corrected chi connectivity index (χ1v) is 9.63. The van der Waals surface area contributed by atoms with Crippen LogP contribution < -0.4 is 10.6 Å². The molecule has 5 heteroatoms. The van der Waals surface area contributed by atoms with Crippen molar-refractivity contribution in [1.82, 2.24) is 15.5 Å². The number of benzene rings is 1. The molecule has 0 aliphatic heterocycles. The van der Waals surface area contributed by atoms with Gasteiger partial charge in [-0.05, 0) is 52.9 Å². The number of carbonyl (C=O) groups excluding carboxylic acids is 2. The van der Waals surface area contributed by atoms with Gasteiger partial charge in [0.25, 0.3) is 5.91 Å². The van der Waals surface area contributed by atoms with Crippen LogP contribution in [0.4, 0.5) is 0 Å². The van der Waals surface area contributed by atoms with Gasteiger partial charge in [-0.25, -0.2) is 0 Å². The molecule has 0 unspecified atom stereocenters. The number of amides is 2. The van der Waals surface area contributed by atoms with Crippen molar-refractivity contribution in [3.63, 3.8) is 0 Å². The summed E-state index contributed by atoms with van der Waals surface area (Å²) >= 11 is 0. The summed E-state index contributed by atoms with van der Waals surface area (Å²) in [5, 5.41) is 5.77. The van der Waals surface area contributed by atoms with Crippen molar-refractivity contribution in [3.8, 4) is 0 Å². The Kier molecular flexibility index (Phi) is 7.21. The fourth-order valence-electron chi connectivity index (χ4n) is 3.86. The minimum absolute atomic E-state index is 0.00926. The third-order valence-electron chi connectivity index (χ3n) is 5.49. The van der Waals surface area contributed by atoms with E-state index in [1.54, 1.807) is 0 Å². The monoisotopic (exact) mass is 359 g/mol. The first-order valence-electron chi connectivity index (χ1n) is 9.63. The Morgan fingerprint density at radius 3 is 2.08 bits per heavy atom. The van der Waals surface area contributed by atoms with Crippen molar-refractivity contribution in [2.45, 2.75) is 57.9 Å². The zero-order chi connectivity index (χ0) is 19.2. The van der Waals surface area contributed by atoms with Crippen molar-refractivity contribution in [2.75, 3.05) is 27.2 Å². The quantitative estimate of drug-likeness (QED) is 0.768. The van der Waals surface area contributed by atoms with Crippen LogP contribution in [0.3, 0.4) is 0 Å². The van der Waals surface area contributed by atoms with Crippen LogP contribution in [0.2, 0.25) is 0 Å². The van der Waals surface area contributed by atoms with E-state index in [9.17, 15) is 9.59 Å². The van der Waals surface area contributed by atoms with Crippen molar-refractivity contribution in [3.05, 3.63) is 34.9 Å². The summed E-state index contributed by atoms with van der Waals surface area (Å²) in [6.45, 7) is 4.57. The van der Waals surface area contributed by atoms with Crippen molar-refractivity contribution in [1.29, 1.82) is 0 Å². The van der Waals surface area contributed by atoms with Crippen molar-refractivity contribution in [2.24, 2.45) is 0 Å². The van der Waals surface area contributed by atoms with Gasteiger partial charge in [0.2, 0.25) is 5.91 Å². The first kappa shape index (κ1) is 20.4. The van der Waals surface area contributed by atoms with Gasteiger partial charge in [-0.15, -0.1) is 0 Å². The van der Waals surface area contributed by atoms with E-state index in [1.165, 1.54) is 25.7 Å². The highest BCUT2D eigenvalue weighted by molar-refractivity contribution is 5.96. The Balaban J connectivity index is 1.86. The smallest absolute Gasteiger partial charge is 0.251 e. The molecule has 2 amide bonds. The summed E-state index contributed by atoms with van der Waals surface area (Å²) in [4.78, 5) is 26.8. The zero-order valence-corrected chi connectivity index (χ0v) is 16.7. The van der Waals surface area contributed by atoms with Gasteiger partial charge in [0, 0.05) is 17.6 Å². The van der Waals surface area contributed by atoms with Gasteiger partial charge in [0.05, 0.1) is 6.54 Å². The third-order valence-corrected chi connectivity index (χ3v) is 5.49. The lowest BCUT2D eigenvalue weighted by Crippen LogP contribution is -2.53. The van der Waals surface area contributed by atoms with E-state index in [0.717, 1.165) is 24.0 Å². The average molecular weight is 360 g/mol. The summed E-state index contributed by atoms with van der Waals surface area (Å²) < 4.78 is 0. The highest BCUT2D eigenvalue weighted by atomic mass is 16.2. The normalized spacial score (nSPS) is 16.8. The number of nitrogens with zero attached hydrogens (tertiary/aromatic N) is 1. The zero-order valence-electron chi connectivity index (χ0n) is 16.7. The largest absolute Gasteiger partial charge is 0.353 e. The molecule has 2 N–H and O–H groups in total. The maximum Gasteiger partial charge on any atom is 0.251 e. The van der Waals surface area contributed by atoms with E-state index in [0.29, 0.717) is 12.1 Å². The number of nitrogens with one attached hydrogen (secondary N) is 2. The second-order valence-corrected chi connectivity index (χ2v) is 7.87. The first-order chi connectivity index (χ1) is 12.3. The Hall–Kier alpha value is -1.88. The van der Waals surface area contributed by atoms with E-state index in [-0.39, 0.29) is 23.9 Å². The molecular weight excluding hydrogens is 326 g/mol. The molecule has 1 saturated carbocycles. The van der Waals surface area contributed by atoms with Gasteiger partial charge in [0.15, 0.2) is 0 Å². The predicted octanol–water partition coefficient (Wildman–Crippen LogP) is 2.80. The fourth-order valence-corrected chi connectivity index (χ4v) is 3.86. The standard InChI is InChI=1S/C21H33N3O2/c1-16-11-17(2)13-18(12-16)20(26)22-14-19(25)23-15-21(24(3)4)9-7-5-6-8-10-21/h11-13H,5-10,14-15H2,1-4H3,(H,22,26)(H,23,25). The third kappa shape index (κ3) is 5.56. The fraction of sp³-hybridized carbons (Fsp3) is 0.619. The summed E-state index contributed by atoms with van der Waals surface area (Å²) in [5.41, 5.74) is 2.72. The molecule has 1 aliphatic rings. The average Bonchev–Trinajstić information content (AvgIpc) is 2.83. The Bertz CT molecular complexity index is 612. The second kappa shape index (κ2) is 9.17. The topological polar surface area (TPSA) is 61.4 Å². The Morgan fingerprint density at radius 1 is 0.962 bits per heavy atom. The lowest BCUT2D eigenvalue weighted by molar-refractivity contribution is -0.120. The van der Waals surface area contributed by atoms with Crippen LogP contribution in [0.15, 0.2) is 18.2 Å². The van der Waals surface area contributed by atoms with Crippen molar-refractivity contribution < 1.29 is 9.59 Å². The minimum atomic E-state index is -0.205. The molecule has 5 nitrogen and oxygen atoms in total. The van der Waals surface area contributed by atoms with Gasteiger partial charge in [-0.3, -0.25) is 9.59 Å². The van der Waals surface area contributed by atoms with E-state index < -0.39 is 0 Å². The molecule has 1 fully saturated rings. The molecule has 0 bridgehead atoms. The summed E-state index contributed by atoms with van der Waals surface area (Å²) in [6, 6.07) is 5.70. The highest BCUT2D eigenvalue weighted by Crippen LogP contribution is 2.30. The lowest BCUT2D eigenvalue weighted by Gasteiger charge is -2.39. The van der Waals surface area contributed by atoms with E-state index >= 15 is 0 Å². The molecule has 26 heavy (non-hydrogen) atoms. The lowest BCUT2D eigenvalue weighted by atomic mass is 9.88. The Labute approximate surface area is 157 Å². The highest BCUT2D eigenvalue weighted by Gasteiger charge is 2.33. The van der Waals surface area contributed by atoms with Crippen LogP contribution in [0.5, 0.6) is 0 Å². The molecule has 0 aromatic heterocycles.